The highest BCUT2D eigenvalue weighted by Gasteiger charge is 2.16. The Kier molecular flexibility index (Phi) is 4.54. The lowest BCUT2D eigenvalue weighted by Gasteiger charge is -2.21. The fraction of sp³-hybridized carbons (Fsp3) is 0.500. The summed E-state index contributed by atoms with van der Waals surface area (Å²) in [4.78, 5) is 0. The molecular weight excluding hydrogens is 231 g/mol. The predicted molar refractivity (Wildman–Crippen MR) is 58.9 cm³/mol. The molecule has 1 aromatic carbocycles. The zero-order valence-electron chi connectivity index (χ0n) is 9.86. The standard InChI is InChI=1S/C12H16F3NO/c1-12(2,7-17)6-16-5-8-3-9(13)11(15)10(14)4-8/h3-4,16-17H,5-7H2,1-2H3. The Morgan fingerprint density at radius 1 is 1.18 bits per heavy atom. The topological polar surface area (TPSA) is 32.3 Å². The number of hydrogen-bond acceptors (Lipinski definition) is 2. The predicted octanol–water partition coefficient (Wildman–Crippen LogP) is 2.21. The minimum absolute atomic E-state index is 0.00609. The van der Waals surface area contributed by atoms with Gasteiger partial charge in [-0.1, -0.05) is 13.8 Å². The molecule has 0 aliphatic heterocycles. The first-order valence-corrected chi connectivity index (χ1v) is 5.31. The van der Waals surface area contributed by atoms with Crippen LogP contribution in [0.25, 0.3) is 0 Å². The third-order valence-corrected chi connectivity index (χ3v) is 2.40. The van der Waals surface area contributed by atoms with Crippen LogP contribution in [0.5, 0.6) is 0 Å². The monoisotopic (exact) mass is 247 g/mol. The molecule has 0 heterocycles. The minimum atomic E-state index is -1.45. The van der Waals surface area contributed by atoms with E-state index in [1.807, 2.05) is 13.8 Å². The number of rotatable bonds is 5. The molecule has 2 N–H and O–H groups in total. The Hall–Kier alpha value is -1.07. The Morgan fingerprint density at radius 3 is 2.18 bits per heavy atom. The fourth-order valence-electron chi connectivity index (χ4n) is 1.31. The van der Waals surface area contributed by atoms with E-state index in [1.54, 1.807) is 0 Å². The number of aliphatic hydroxyl groups is 1. The molecule has 0 fully saturated rings. The lowest BCUT2D eigenvalue weighted by atomic mass is 9.95. The highest BCUT2D eigenvalue weighted by atomic mass is 19.2. The van der Waals surface area contributed by atoms with Crippen LogP contribution in [0.3, 0.4) is 0 Å². The van der Waals surface area contributed by atoms with Gasteiger partial charge in [-0.3, -0.25) is 0 Å². The highest BCUT2D eigenvalue weighted by molar-refractivity contribution is 5.19. The molecule has 0 unspecified atom stereocenters. The van der Waals surface area contributed by atoms with Crippen molar-refractivity contribution in [2.24, 2.45) is 5.41 Å². The molecule has 0 saturated heterocycles. The maximum atomic E-state index is 12.9. The molecule has 0 aliphatic rings. The summed E-state index contributed by atoms with van der Waals surface area (Å²) < 4.78 is 38.4. The summed E-state index contributed by atoms with van der Waals surface area (Å²) in [7, 11) is 0. The molecule has 17 heavy (non-hydrogen) atoms. The smallest absolute Gasteiger partial charge is 0.194 e. The van der Waals surface area contributed by atoms with Crippen LogP contribution < -0.4 is 5.32 Å². The third kappa shape index (κ3) is 4.02. The Morgan fingerprint density at radius 2 is 1.71 bits per heavy atom. The molecule has 1 rings (SSSR count). The van der Waals surface area contributed by atoms with Crippen LogP contribution >= 0.6 is 0 Å². The van der Waals surface area contributed by atoms with E-state index in [9.17, 15) is 13.2 Å². The summed E-state index contributed by atoms with van der Waals surface area (Å²) in [6.07, 6.45) is 0. The first kappa shape index (κ1) is 14.0. The van der Waals surface area contributed by atoms with Crippen LogP contribution in [-0.2, 0) is 6.54 Å². The number of hydrogen-bond donors (Lipinski definition) is 2. The van der Waals surface area contributed by atoms with Crippen molar-refractivity contribution in [3.8, 4) is 0 Å². The zero-order valence-corrected chi connectivity index (χ0v) is 9.86. The molecule has 0 amide bonds. The van der Waals surface area contributed by atoms with Gasteiger partial charge in [-0.05, 0) is 17.7 Å². The number of aliphatic hydroxyl groups excluding tert-OH is 1. The van der Waals surface area contributed by atoms with Gasteiger partial charge in [0.05, 0.1) is 0 Å². The lowest BCUT2D eigenvalue weighted by molar-refractivity contribution is 0.156. The normalized spacial score (nSPS) is 11.9. The van der Waals surface area contributed by atoms with Crippen LogP contribution in [0.1, 0.15) is 19.4 Å². The summed E-state index contributed by atoms with van der Waals surface area (Å²) in [6, 6.07) is 1.91. The van der Waals surface area contributed by atoms with Gasteiger partial charge < -0.3 is 10.4 Å². The van der Waals surface area contributed by atoms with E-state index in [-0.39, 0.29) is 18.6 Å². The average Bonchev–Trinajstić information content (AvgIpc) is 2.25. The van der Waals surface area contributed by atoms with Crippen molar-refractivity contribution in [3.05, 3.63) is 35.1 Å². The van der Waals surface area contributed by atoms with Gasteiger partial charge >= 0.3 is 0 Å². The Balaban J connectivity index is 2.59. The van der Waals surface area contributed by atoms with Crippen LogP contribution in [0, 0.1) is 22.9 Å². The van der Waals surface area contributed by atoms with Gasteiger partial charge in [0.2, 0.25) is 0 Å². The van der Waals surface area contributed by atoms with Gasteiger partial charge in [-0.25, -0.2) is 13.2 Å². The number of benzene rings is 1. The van der Waals surface area contributed by atoms with Crippen LogP contribution in [0.2, 0.25) is 0 Å². The van der Waals surface area contributed by atoms with Crippen molar-refractivity contribution in [2.75, 3.05) is 13.2 Å². The number of halogens is 3. The molecule has 5 heteroatoms. The molecule has 1 aromatic rings. The molecule has 0 saturated carbocycles. The van der Waals surface area contributed by atoms with E-state index in [1.165, 1.54) is 0 Å². The summed E-state index contributed by atoms with van der Waals surface area (Å²) in [5.74, 6) is -3.84. The lowest BCUT2D eigenvalue weighted by Crippen LogP contribution is -2.31. The van der Waals surface area contributed by atoms with Crippen molar-refractivity contribution >= 4 is 0 Å². The second kappa shape index (κ2) is 5.51. The molecule has 0 spiro atoms. The van der Waals surface area contributed by atoms with E-state index in [0.717, 1.165) is 12.1 Å². The zero-order chi connectivity index (χ0) is 13.1. The Labute approximate surface area is 98.5 Å². The maximum Gasteiger partial charge on any atom is 0.194 e. The van der Waals surface area contributed by atoms with Gasteiger partial charge in [0.25, 0.3) is 0 Å². The Bertz CT molecular complexity index is 370. The van der Waals surface area contributed by atoms with E-state index >= 15 is 0 Å². The first-order chi connectivity index (χ1) is 7.85. The number of nitrogens with one attached hydrogen (secondary N) is 1. The fourth-order valence-corrected chi connectivity index (χ4v) is 1.31. The molecule has 96 valence electrons. The van der Waals surface area contributed by atoms with Gasteiger partial charge in [0, 0.05) is 25.1 Å². The maximum absolute atomic E-state index is 12.9. The first-order valence-electron chi connectivity index (χ1n) is 5.31. The van der Waals surface area contributed by atoms with Crippen LogP contribution in [0.15, 0.2) is 12.1 Å². The highest BCUT2D eigenvalue weighted by Crippen LogP contribution is 2.15. The minimum Gasteiger partial charge on any atom is -0.396 e. The molecule has 0 atom stereocenters. The summed E-state index contributed by atoms with van der Waals surface area (Å²) in [5, 5.41) is 12.0. The summed E-state index contributed by atoms with van der Waals surface area (Å²) in [5.41, 5.74) is 0.0204. The van der Waals surface area contributed by atoms with E-state index in [0.29, 0.717) is 12.1 Å². The van der Waals surface area contributed by atoms with Crippen molar-refractivity contribution in [1.29, 1.82) is 0 Å². The van der Waals surface area contributed by atoms with Gasteiger partial charge in [-0.15, -0.1) is 0 Å². The molecule has 2 nitrogen and oxygen atoms in total. The summed E-state index contributed by atoms with van der Waals surface area (Å²) in [6.45, 7) is 4.42. The van der Waals surface area contributed by atoms with Crippen molar-refractivity contribution < 1.29 is 18.3 Å². The second-order valence-electron chi connectivity index (χ2n) is 4.80. The van der Waals surface area contributed by atoms with E-state index < -0.39 is 17.5 Å². The van der Waals surface area contributed by atoms with Gasteiger partial charge in [0.1, 0.15) is 0 Å². The quantitative estimate of drug-likeness (QED) is 0.782. The van der Waals surface area contributed by atoms with E-state index in [4.69, 9.17) is 5.11 Å². The van der Waals surface area contributed by atoms with Crippen LogP contribution in [-0.4, -0.2) is 18.3 Å². The molecule has 0 bridgehead atoms. The van der Waals surface area contributed by atoms with Crippen molar-refractivity contribution in [3.63, 3.8) is 0 Å². The second-order valence-corrected chi connectivity index (χ2v) is 4.80. The molecular formula is C12H16F3NO. The van der Waals surface area contributed by atoms with Crippen molar-refractivity contribution in [2.45, 2.75) is 20.4 Å². The van der Waals surface area contributed by atoms with Crippen LogP contribution in [0.4, 0.5) is 13.2 Å². The molecule has 0 aliphatic carbocycles. The largest absolute Gasteiger partial charge is 0.396 e. The third-order valence-electron chi connectivity index (χ3n) is 2.40. The average molecular weight is 247 g/mol. The van der Waals surface area contributed by atoms with E-state index in [2.05, 4.69) is 5.32 Å². The SMILES string of the molecule is CC(C)(CO)CNCc1cc(F)c(F)c(F)c1. The molecule has 0 radical (unpaired) electrons. The molecule has 0 aromatic heterocycles. The van der Waals surface area contributed by atoms with Gasteiger partial charge in [0.15, 0.2) is 17.5 Å². The summed E-state index contributed by atoms with van der Waals surface area (Å²) >= 11 is 0. The van der Waals surface area contributed by atoms with Crippen molar-refractivity contribution in [1.82, 2.24) is 5.32 Å². The van der Waals surface area contributed by atoms with Gasteiger partial charge in [-0.2, -0.15) is 0 Å².